The van der Waals surface area contributed by atoms with Crippen LogP contribution in [-0.4, -0.2) is 37.2 Å². The summed E-state index contributed by atoms with van der Waals surface area (Å²) in [6.07, 6.45) is 67.4. The van der Waals surface area contributed by atoms with Gasteiger partial charge in [0.25, 0.3) is 0 Å². The van der Waals surface area contributed by atoms with E-state index in [4.69, 9.17) is 14.2 Å². The highest BCUT2D eigenvalue weighted by atomic mass is 16.6. The Hall–Kier alpha value is -3.41. The number of allylic oxidation sites excluding steroid dienone is 14. The number of ether oxygens (including phenoxy) is 3. The maximum absolute atomic E-state index is 12.8. The zero-order valence-corrected chi connectivity index (χ0v) is 41.8. The molecule has 0 heterocycles. The van der Waals surface area contributed by atoms with Gasteiger partial charge in [0.2, 0.25) is 0 Å². The highest BCUT2D eigenvalue weighted by Crippen LogP contribution is 2.15. The van der Waals surface area contributed by atoms with E-state index in [0.717, 1.165) is 64.2 Å². The van der Waals surface area contributed by atoms with E-state index in [1.165, 1.54) is 128 Å². The van der Waals surface area contributed by atoms with E-state index in [1.807, 2.05) is 18.2 Å². The van der Waals surface area contributed by atoms with Crippen LogP contribution in [0.15, 0.2) is 85.1 Å². The van der Waals surface area contributed by atoms with Gasteiger partial charge in [-0.1, -0.05) is 241 Å². The molecule has 6 heteroatoms. The van der Waals surface area contributed by atoms with Crippen molar-refractivity contribution in [3.8, 4) is 0 Å². The average Bonchev–Trinajstić information content (AvgIpc) is 3.29. The van der Waals surface area contributed by atoms with Crippen molar-refractivity contribution in [2.24, 2.45) is 0 Å². The van der Waals surface area contributed by atoms with Gasteiger partial charge < -0.3 is 14.2 Å². The quantitative estimate of drug-likeness (QED) is 0.0262. The standard InChI is InChI=1S/C58H98O6/c1-4-7-10-13-16-19-22-25-27-29-31-33-36-39-42-45-48-51-57(60)63-54-55(53-62-56(59)50-47-44-41-38-35-32-24-21-18-15-12-9-6-3)64-58(61)52-49-46-43-40-37-34-30-28-26-23-20-17-14-11-8-5-2/h8,11,17,20,26,28,32,34-35,37,41,43-44,46,55H,4-7,9-10,12-16,18-19,21-25,27,29-31,33,36,38-40,42,45,47-54H2,1-3H3/b11-8-,20-17-,28-26-,35-32-,37-34-,44-41-,46-43-. The largest absolute Gasteiger partial charge is 0.462 e. The molecule has 1 unspecified atom stereocenters. The van der Waals surface area contributed by atoms with E-state index in [0.29, 0.717) is 19.3 Å². The third-order valence-electron chi connectivity index (χ3n) is 11.2. The number of esters is 3. The van der Waals surface area contributed by atoms with Gasteiger partial charge in [0.05, 0.1) is 0 Å². The minimum atomic E-state index is -0.836. The molecule has 0 saturated carbocycles. The van der Waals surface area contributed by atoms with E-state index in [9.17, 15) is 14.4 Å². The average molecular weight is 891 g/mol. The van der Waals surface area contributed by atoms with Crippen molar-refractivity contribution in [3.05, 3.63) is 85.1 Å². The number of carbonyl (C=O) groups is 3. The molecule has 0 amide bonds. The predicted octanol–water partition coefficient (Wildman–Crippen LogP) is 17.6. The molecule has 0 aliphatic rings. The van der Waals surface area contributed by atoms with Crippen LogP contribution >= 0.6 is 0 Å². The van der Waals surface area contributed by atoms with Crippen molar-refractivity contribution in [2.75, 3.05) is 13.2 Å². The van der Waals surface area contributed by atoms with Gasteiger partial charge in [-0.25, -0.2) is 0 Å². The van der Waals surface area contributed by atoms with Gasteiger partial charge in [0, 0.05) is 19.3 Å². The molecule has 0 bridgehead atoms. The Kier molecular flexibility index (Phi) is 49.4. The minimum Gasteiger partial charge on any atom is -0.462 e. The molecule has 0 N–H and O–H groups in total. The zero-order valence-electron chi connectivity index (χ0n) is 41.8. The van der Waals surface area contributed by atoms with Crippen molar-refractivity contribution in [2.45, 2.75) is 252 Å². The molecular formula is C58H98O6. The van der Waals surface area contributed by atoms with E-state index in [1.54, 1.807) is 0 Å². The molecule has 0 fully saturated rings. The van der Waals surface area contributed by atoms with E-state index in [2.05, 4.69) is 87.6 Å². The summed E-state index contributed by atoms with van der Waals surface area (Å²) in [5.74, 6) is -1.07. The maximum atomic E-state index is 12.8. The van der Waals surface area contributed by atoms with Gasteiger partial charge in [-0.05, 0) is 70.6 Å². The number of hydrogen-bond donors (Lipinski definition) is 0. The van der Waals surface area contributed by atoms with Crippen molar-refractivity contribution in [1.29, 1.82) is 0 Å². The molecule has 0 aromatic carbocycles. The molecular weight excluding hydrogens is 793 g/mol. The molecule has 6 nitrogen and oxygen atoms in total. The highest BCUT2D eigenvalue weighted by Gasteiger charge is 2.19. The first-order chi connectivity index (χ1) is 31.5. The molecule has 0 aliphatic carbocycles. The fourth-order valence-electron chi connectivity index (χ4n) is 7.19. The summed E-state index contributed by atoms with van der Waals surface area (Å²) in [7, 11) is 0. The van der Waals surface area contributed by atoms with Crippen LogP contribution in [0.4, 0.5) is 0 Å². The van der Waals surface area contributed by atoms with Crippen LogP contribution < -0.4 is 0 Å². The molecule has 0 saturated heterocycles. The molecule has 0 rings (SSSR count). The summed E-state index contributed by atoms with van der Waals surface area (Å²) in [6, 6.07) is 0. The molecule has 0 aliphatic heterocycles. The monoisotopic (exact) mass is 891 g/mol. The normalized spacial score (nSPS) is 12.7. The summed E-state index contributed by atoms with van der Waals surface area (Å²) < 4.78 is 16.7. The number of carbonyl (C=O) groups excluding carboxylic acids is 3. The van der Waals surface area contributed by atoms with Crippen LogP contribution in [-0.2, 0) is 28.6 Å². The first kappa shape index (κ1) is 60.6. The Morgan fingerprint density at radius 1 is 0.328 bits per heavy atom. The molecule has 0 spiro atoms. The maximum Gasteiger partial charge on any atom is 0.306 e. The third-order valence-corrected chi connectivity index (χ3v) is 11.2. The van der Waals surface area contributed by atoms with E-state index in [-0.39, 0.29) is 38.0 Å². The van der Waals surface area contributed by atoms with Crippen LogP contribution in [0.25, 0.3) is 0 Å². The van der Waals surface area contributed by atoms with Crippen LogP contribution in [0.5, 0.6) is 0 Å². The summed E-state index contributed by atoms with van der Waals surface area (Å²) in [5, 5.41) is 0. The SMILES string of the molecule is CC/C=C\C/C=C\C/C=C\C/C=C\C/C=C\CCC(=O)OC(COC(=O)CC/C=C\C/C=C\CCCCCCCC)COC(=O)CCCCCCCCCCCCCCCCCCC. The van der Waals surface area contributed by atoms with Crippen molar-refractivity contribution in [1.82, 2.24) is 0 Å². The Morgan fingerprint density at radius 3 is 1.05 bits per heavy atom. The Labute approximate surface area is 395 Å². The molecule has 0 radical (unpaired) electrons. The van der Waals surface area contributed by atoms with Gasteiger partial charge in [0.1, 0.15) is 13.2 Å². The second-order valence-electron chi connectivity index (χ2n) is 17.4. The Bertz CT molecular complexity index is 1250. The number of unbranched alkanes of at least 4 members (excludes halogenated alkanes) is 22. The highest BCUT2D eigenvalue weighted by molar-refractivity contribution is 5.71. The first-order valence-electron chi connectivity index (χ1n) is 26.6. The van der Waals surface area contributed by atoms with E-state index < -0.39 is 12.1 Å². The lowest BCUT2D eigenvalue weighted by molar-refractivity contribution is -0.166. The fraction of sp³-hybridized carbons (Fsp3) is 0.707. The van der Waals surface area contributed by atoms with Crippen molar-refractivity contribution >= 4 is 17.9 Å². The van der Waals surface area contributed by atoms with Crippen molar-refractivity contribution < 1.29 is 28.6 Å². The Balaban J connectivity index is 4.52. The molecule has 0 aromatic heterocycles. The van der Waals surface area contributed by atoms with Gasteiger partial charge in [-0.3, -0.25) is 14.4 Å². The van der Waals surface area contributed by atoms with Gasteiger partial charge in [0.15, 0.2) is 6.10 Å². The number of rotatable bonds is 47. The van der Waals surface area contributed by atoms with Gasteiger partial charge >= 0.3 is 17.9 Å². The smallest absolute Gasteiger partial charge is 0.306 e. The second kappa shape index (κ2) is 52.2. The molecule has 0 aromatic rings. The summed E-state index contributed by atoms with van der Waals surface area (Å²) in [4.78, 5) is 37.9. The lowest BCUT2D eigenvalue weighted by Crippen LogP contribution is -2.30. The predicted molar refractivity (Wildman–Crippen MR) is 274 cm³/mol. The zero-order chi connectivity index (χ0) is 46.5. The summed E-state index contributed by atoms with van der Waals surface area (Å²) in [5.41, 5.74) is 0. The third kappa shape index (κ3) is 49.6. The van der Waals surface area contributed by atoms with E-state index >= 15 is 0 Å². The van der Waals surface area contributed by atoms with Gasteiger partial charge in [-0.15, -0.1) is 0 Å². The van der Waals surface area contributed by atoms with Crippen LogP contribution in [0.3, 0.4) is 0 Å². The topological polar surface area (TPSA) is 78.9 Å². The van der Waals surface area contributed by atoms with Gasteiger partial charge in [-0.2, -0.15) is 0 Å². The van der Waals surface area contributed by atoms with Crippen LogP contribution in [0, 0.1) is 0 Å². The van der Waals surface area contributed by atoms with Crippen LogP contribution in [0.1, 0.15) is 245 Å². The first-order valence-corrected chi connectivity index (χ1v) is 26.6. The summed E-state index contributed by atoms with van der Waals surface area (Å²) >= 11 is 0. The summed E-state index contributed by atoms with van der Waals surface area (Å²) in [6.45, 7) is 6.41. The van der Waals surface area contributed by atoms with Crippen LogP contribution in [0.2, 0.25) is 0 Å². The fourth-order valence-corrected chi connectivity index (χ4v) is 7.19. The minimum absolute atomic E-state index is 0.122. The number of hydrogen-bond acceptors (Lipinski definition) is 6. The van der Waals surface area contributed by atoms with Crippen molar-refractivity contribution in [3.63, 3.8) is 0 Å². The lowest BCUT2D eigenvalue weighted by Gasteiger charge is -2.18. The molecule has 1 atom stereocenters. The second-order valence-corrected chi connectivity index (χ2v) is 17.4. The lowest BCUT2D eigenvalue weighted by atomic mass is 10.0. The Morgan fingerprint density at radius 2 is 0.641 bits per heavy atom. The molecule has 366 valence electrons. The molecule has 64 heavy (non-hydrogen) atoms.